The molecular formula is C16H12BrClN2S3. The minimum absolute atomic E-state index is 0.765. The highest BCUT2D eigenvalue weighted by Gasteiger charge is 2.06. The lowest BCUT2D eigenvalue weighted by molar-refractivity contribution is 0.954. The van der Waals surface area contributed by atoms with Crippen LogP contribution >= 0.6 is 62.4 Å². The number of hydrogen-bond donors (Lipinski definition) is 0. The van der Waals surface area contributed by atoms with E-state index in [2.05, 4.69) is 50.4 Å². The van der Waals surface area contributed by atoms with Crippen molar-refractivity contribution in [2.24, 2.45) is 0 Å². The summed E-state index contributed by atoms with van der Waals surface area (Å²) in [5.41, 5.74) is 2.52. The van der Waals surface area contributed by atoms with Gasteiger partial charge in [0.15, 0.2) is 8.68 Å². The van der Waals surface area contributed by atoms with E-state index in [9.17, 15) is 0 Å². The summed E-state index contributed by atoms with van der Waals surface area (Å²) in [6.07, 6.45) is 0. The predicted octanol–water partition coefficient (Wildman–Crippen LogP) is 6.54. The molecule has 0 aliphatic carbocycles. The molecular weight excluding hydrogens is 432 g/mol. The van der Waals surface area contributed by atoms with Crippen LogP contribution in [0.25, 0.3) is 0 Å². The maximum atomic E-state index is 5.89. The Hall–Kier alpha value is -0.530. The van der Waals surface area contributed by atoms with Crippen LogP contribution in [0, 0.1) is 0 Å². The lowest BCUT2D eigenvalue weighted by Crippen LogP contribution is -1.80. The molecule has 23 heavy (non-hydrogen) atoms. The summed E-state index contributed by atoms with van der Waals surface area (Å²) in [7, 11) is 0. The van der Waals surface area contributed by atoms with Gasteiger partial charge in [0.1, 0.15) is 0 Å². The molecule has 0 N–H and O–H groups in total. The molecule has 2 aromatic carbocycles. The minimum Gasteiger partial charge on any atom is -0.131 e. The zero-order chi connectivity index (χ0) is 16.1. The Morgan fingerprint density at radius 1 is 0.826 bits per heavy atom. The van der Waals surface area contributed by atoms with E-state index in [-0.39, 0.29) is 0 Å². The molecule has 2 nitrogen and oxygen atoms in total. The Labute approximate surface area is 161 Å². The van der Waals surface area contributed by atoms with Gasteiger partial charge in [-0.15, -0.1) is 10.2 Å². The molecule has 0 amide bonds. The minimum atomic E-state index is 0.765. The fourth-order valence-electron chi connectivity index (χ4n) is 1.77. The van der Waals surface area contributed by atoms with Crippen LogP contribution in [0.4, 0.5) is 0 Å². The van der Waals surface area contributed by atoms with Crippen molar-refractivity contribution in [3.05, 3.63) is 69.2 Å². The van der Waals surface area contributed by atoms with Crippen molar-refractivity contribution < 1.29 is 0 Å². The van der Waals surface area contributed by atoms with Crippen LogP contribution in [-0.2, 0) is 11.5 Å². The van der Waals surface area contributed by atoms with Crippen LogP contribution in [0.15, 0.2) is 61.7 Å². The number of benzene rings is 2. The SMILES string of the molecule is Clc1ccc(CSc2nnc(SCc3ccc(Br)cc3)s2)cc1. The molecule has 3 rings (SSSR count). The molecule has 0 saturated carbocycles. The van der Waals surface area contributed by atoms with E-state index in [4.69, 9.17) is 11.6 Å². The number of rotatable bonds is 6. The van der Waals surface area contributed by atoms with Crippen molar-refractivity contribution in [3.8, 4) is 0 Å². The average molecular weight is 444 g/mol. The first kappa shape index (κ1) is 17.3. The van der Waals surface area contributed by atoms with Crippen LogP contribution in [0.2, 0.25) is 5.02 Å². The van der Waals surface area contributed by atoms with Crippen LogP contribution in [0.1, 0.15) is 11.1 Å². The Balaban J connectivity index is 1.51. The largest absolute Gasteiger partial charge is 0.175 e. The fourth-order valence-corrected chi connectivity index (χ4v) is 5.09. The van der Waals surface area contributed by atoms with E-state index in [0.717, 1.165) is 29.7 Å². The molecule has 0 bridgehead atoms. The fraction of sp³-hybridized carbons (Fsp3) is 0.125. The molecule has 0 fully saturated rings. The Kier molecular flexibility index (Phi) is 6.42. The molecule has 0 radical (unpaired) electrons. The summed E-state index contributed by atoms with van der Waals surface area (Å²) in [5, 5.41) is 9.27. The van der Waals surface area contributed by atoms with Gasteiger partial charge in [-0.3, -0.25) is 0 Å². The van der Waals surface area contributed by atoms with Gasteiger partial charge in [0.2, 0.25) is 0 Å². The van der Waals surface area contributed by atoms with Gasteiger partial charge >= 0.3 is 0 Å². The topological polar surface area (TPSA) is 25.8 Å². The van der Waals surface area contributed by atoms with Crippen molar-refractivity contribution in [1.82, 2.24) is 10.2 Å². The van der Waals surface area contributed by atoms with Crippen LogP contribution in [0.5, 0.6) is 0 Å². The van der Waals surface area contributed by atoms with E-state index in [0.29, 0.717) is 0 Å². The second-order valence-electron chi connectivity index (χ2n) is 4.66. The van der Waals surface area contributed by atoms with Crippen molar-refractivity contribution in [3.63, 3.8) is 0 Å². The Morgan fingerprint density at radius 2 is 1.30 bits per heavy atom. The first-order valence-electron chi connectivity index (χ1n) is 6.77. The monoisotopic (exact) mass is 442 g/mol. The molecule has 0 aliphatic heterocycles. The van der Waals surface area contributed by atoms with Crippen molar-refractivity contribution in [1.29, 1.82) is 0 Å². The smallest absolute Gasteiger partial charge is 0.131 e. The summed E-state index contributed by atoms with van der Waals surface area (Å²) >= 11 is 14.4. The second-order valence-corrected chi connectivity index (χ2v) is 9.44. The lowest BCUT2D eigenvalue weighted by Gasteiger charge is -1.99. The number of nitrogens with zero attached hydrogens (tertiary/aromatic N) is 2. The number of thioether (sulfide) groups is 2. The van der Waals surface area contributed by atoms with E-state index in [1.165, 1.54) is 11.1 Å². The quantitative estimate of drug-likeness (QED) is 0.404. The van der Waals surface area contributed by atoms with Crippen LogP contribution < -0.4 is 0 Å². The molecule has 118 valence electrons. The third kappa shape index (κ3) is 5.50. The number of halogens is 2. The van der Waals surface area contributed by atoms with E-state index >= 15 is 0 Å². The van der Waals surface area contributed by atoms with Crippen molar-refractivity contribution in [2.75, 3.05) is 0 Å². The summed E-state index contributed by atoms with van der Waals surface area (Å²) in [5.74, 6) is 1.78. The maximum Gasteiger partial charge on any atom is 0.175 e. The molecule has 0 unspecified atom stereocenters. The van der Waals surface area contributed by atoms with Gasteiger partial charge < -0.3 is 0 Å². The average Bonchev–Trinajstić information content (AvgIpc) is 3.02. The normalized spacial score (nSPS) is 10.9. The molecule has 3 aromatic rings. The Morgan fingerprint density at radius 3 is 1.83 bits per heavy atom. The van der Waals surface area contributed by atoms with Gasteiger partial charge in [-0.25, -0.2) is 0 Å². The van der Waals surface area contributed by atoms with Gasteiger partial charge in [0.05, 0.1) is 0 Å². The van der Waals surface area contributed by atoms with E-state index in [1.807, 2.05) is 24.3 Å². The van der Waals surface area contributed by atoms with Gasteiger partial charge in [0.25, 0.3) is 0 Å². The first-order chi connectivity index (χ1) is 11.2. The predicted molar refractivity (Wildman–Crippen MR) is 105 cm³/mol. The van der Waals surface area contributed by atoms with E-state index < -0.39 is 0 Å². The summed E-state index contributed by atoms with van der Waals surface area (Å²) in [4.78, 5) is 0. The zero-order valence-corrected chi connectivity index (χ0v) is 16.7. The number of hydrogen-bond acceptors (Lipinski definition) is 5. The van der Waals surface area contributed by atoms with Crippen LogP contribution in [0.3, 0.4) is 0 Å². The molecule has 0 saturated heterocycles. The van der Waals surface area contributed by atoms with Gasteiger partial charge in [-0.05, 0) is 35.4 Å². The third-order valence-corrected chi connectivity index (χ3v) is 7.05. The molecule has 1 aromatic heterocycles. The highest BCUT2D eigenvalue weighted by Crippen LogP contribution is 2.32. The molecule has 0 spiro atoms. The lowest BCUT2D eigenvalue weighted by atomic mass is 10.2. The number of aromatic nitrogens is 2. The Bertz CT molecular complexity index is 696. The van der Waals surface area contributed by atoms with E-state index in [1.54, 1.807) is 34.9 Å². The van der Waals surface area contributed by atoms with Crippen LogP contribution in [-0.4, -0.2) is 10.2 Å². The molecule has 7 heteroatoms. The van der Waals surface area contributed by atoms with Gasteiger partial charge in [0, 0.05) is 21.0 Å². The summed E-state index contributed by atoms with van der Waals surface area (Å²) in [6, 6.07) is 16.3. The standard InChI is InChI=1S/C16H12BrClN2S3/c17-13-5-1-11(2-6-13)9-21-15-19-20-16(23-15)22-10-12-3-7-14(18)8-4-12/h1-8H,9-10H2. The van der Waals surface area contributed by atoms with Crippen molar-refractivity contribution >= 4 is 62.4 Å². The maximum absolute atomic E-state index is 5.89. The first-order valence-corrected chi connectivity index (χ1v) is 10.7. The zero-order valence-electron chi connectivity index (χ0n) is 11.9. The second kappa shape index (κ2) is 8.53. The highest BCUT2D eigenvalue weighted by atomic mass is 79.9. The summed E-state index contributed by atoms with van der Waals surface area (Å²) < 4.78 is 3.10. The molecule has 1 heterocycles. The van der Waals surface area contributed by atoms with Gasteiger partial charge in [-0.2, -0.15) is 0 Å². The van der Waals surface area contributed by atoms with Gasteiger partial charge in [-0.1, -0.05) is 86.7 Å². The summed E-state index contributed by atoms with van der Waals surface area (Å²) in [6.45, 7) is 0. The molecule has 0 aliphatic rings. The third-order valence-electron chi connectivity index (χ3n) is 2.94. The highest BCUT2D eigenvalue weighted by molar-refractivity contribution is 9.10. The van der Waals surface area contributed by atoms with Crippen molar-refractivity contribution in [2.45, 2.75) is 20.2 Å². The molecule has 0 atom stereocenters.